The zero-order valence-corrected chi connectivity index (χ0v) is 12.6. The molecule has 1 saturated heterocycles. The van der Waals surface area contributed by atoms with Crippen LogP contribution in [0.15, 0.2) is 24.3 Å². The molecule has 21 heavy (non-hydrogen) atoms. The van der Waals surface area contributed by atoms with Crippen molar-refractivity contribution < 1.29 is 13.2 Å². The fourth-order valence-corrected chi connectivity index (χ4v) is 3.09. The molecule has 1 aromatic rings. The number of halogens is 3. The van der Waals surface area contributed by atoms with Crippen molar-refractivity contribution in [3.63, 3.8) is 0 Å². The molecule has 2 unspecified atom stereocenters. The summed E-state index contributed by atoms with van der Waals surface area (Å²) in [5, 5.41) is 3.19. The third-order valence-electron chi connectivity index (χ3n) is 4.29. The number of hydrogen-bond acceptors (Lipinski definition) is 2. The topological polar surface area (TPSA) is 15.3 Å². The van der Waals surface area contributed by atoms with Gasteiger partial charge >= 0.3 is 6.18 Å². The summed E-state index contributed by atoms with van der Waals surface area (Å²) >= 11 is 0. The first kappa shape index (κ1) is 16.3. The van der Waals surface area contributed by atoms with Crippen molar-refractivity contribution in [1.82, 2.24) is 10.2 Å². The number of piperidine rings is 1. The predicted molar refractivity (Wildman–Crippen MR) is 78.1 cm³/mol. The zero-order chi connectivity index (χ0) is 15.5. The quantitative estimate of drug-likeness (QED) is 0.912. The van der Waals surface area contributed by atoms with E-state index in [0.29, 0.717) is 5.92 Å². The van der Waals surface area contributed by atoms with Crippen LogP contribution in [0, 0.1) is 5.92 Å². The number of rotatable bonds is 4. The highest BCUT2D eigenvalue weighted by molar-refractivity contribution is 5.27. The molecule has 0 aliphatic carbocycles. The molecule has 1 aliphatic rings. The number of likely N-dealkylation sites (tertiary alicyclic amines) is 1. The molecule has 1 aromatic carbocycles. The summed E-state index contributed by atoms with van der Waals surface area (Å²) in [6.45, 7) is 4.86. The van der Waals surface area contributed by atoms with E-state index in [1.807, 2.05) is 14.0 Å². The van der Waals surface area contributed by atoms with Gasteiger partial charge in [-0.2, -0.15) is 13.2 Å². The van der Waals surface area contributed by atoms with E-state index in [0.717, 1.165) is 37.7 Å². The van der Waals surface area contributed by atoms with Gasteiger partial charge in [0.05, 0.1) is 5.56 Å². The van der Waals surface area contributed by atoms with E-state index >= 15 is 0 Å². The normalized spacial score (nSPS) is 22.2. The van der Waals surface area contributed by atoms with Gasteiger partial charge in [-0.3, -0.25) is 4.90 Å². The highest BCUT2D eigenvalue weighted by Gasteiger charge is 2.31. The molecule has 1 aliphatic heterocycles. The highest BCUT2D eigenvalue weighted by atomic mass is 19.4. The SMILES string of the molecule is CNCC1CCCN(C(C)c2cccc(C(F)(F)F)c2)C1. The van der Waals surface area contributed by atoms with Gasteiger partial charge in [-0.1, -0.05) is 12.1 Å². The van der Waals surface area contributed by atoms with Crippen LogP contribution in [0.2, 0.25) is 0 Å². The molecular weight excluding hydrogens is 277 g/mol. The van der Waals surface area contributed by atoms with E-state index in [4.69, 9.17) is 0 Å². The molecule has 2 nitrogen and oxygen atoms in total. The molecular formula is C16H23F3N2. The van der Waals surface area contributed by atoms with E-state index in [1.54, 1.807) is 6.07 Å². The first-order valence-corrected chi connectivity index (χ1v) is 7.47. The molecule has 5 heteroatoms. The van der Waals surface area contributed by atoms with Crippen LogP contribution >= 0.6 is 0 Å². The third-order valence-corrected chi connectivity index (χ3v) is 4.29. The van der Waals surface area contributed by atoms with Crippen LogP contribution in [0.3, 0.4) is 0 Å². The molecule has 2 rings (SSSR count). The molecule has 0 aromatic heterocycles. The second-order valence-electron chi connectivity index (χ2n) is 5.86. The number of nitrogens with one attached hydrogen (secondary N) is 1. The van der Waals surface area contributed by atoms with Crippen molar-refractivity contribution in [1.29, 1.82) is 0 Å². The first-order chi connectivity index (χ1) is 9.91. The zero-order valence-electron chi connectivity index (χ0n) is 12.6. The Bertz CT molecular complexity index is 457. The van der Waals surface area contributed by atoms with Crippen LogP contribution in [-0.4, -0.2) is 31.6 Å². The molecule has 0 spiro atoms. The van der Waals surface area contributed by atoms with Crippen molar-refractivity contribution in [2.45, 2.75) is 32.0 Å². The van der Waals surface area contributed by atoms with Crippen LogP contribution in [0.1, 0.15) is 36.9 Å². The Morgan fingerprint density at radius 3 is 2.81 bits per heavy atom. The van der Waals surface area contributed by atoms with E-state index < -0.39 is 11.7 Å². The molecule has 1 N–H and O–H groups in total. The summed E-state index contributed by atoms with van der Waals surface area (Å²) < 4.78 is 38.4. The summed E-state index contributed by atoms with van der Waals surface area (Å²) in [5.74, 6) is 0.581. The van der Waals surface area contributed by atoms with Crippen LogP contribution in [-0.2, 0) is 6.18 Å². The molecule has 1 heterocycles. The Hall–Kier alpha value is -1.07. The van der Waals surface area contributed by atoms with Crippen LogP contribution in [0.5, 0.6) is 0 Å². The lowest BCUT2D eigenvalue weighted by Crippen LogP contribution is -2.40. The Morgan fingerprint density at radius 1 is 1.38 bits per heavy atom. The van der Waals surface area contributed by atoms with Crippen molar-refractivity contribution >= 4 is 0 Å². The minimum Gasteiger partial charge on any atom is -0.319 e. The summed E-state index contributed by atoms with van der Waals surface area (Å²) in [7, 11) is 1.94. The van der Waals surface area contributed by atoms with E-state index in [9.17, 15) is 13.2 Å². The average molecular weight is 300 g/mol. The van der Waals surface area contributed by atoms with Gasteiger partial charge in [-0.25, -0.2) is 0 Å². The van der Waals surface area contributed by atoms with Gasteiger partial charge in [-0.05, 0) is 63.5 Å². The van der Waals surface area contributed by atoms with E-state index in [-0.39, 0.29) is 6.04 Å². The average Bonchev–Trinajstić information content (AvgIpc) is 2.46. The molecule has 0 radical (unpaired) electrons. The van der Waals surface area contributed by atoms with E-state index in [1.165, 1.54) is 18.6 Å². The number of benzene rings is 1. The number of alkyl halides is 3. The van der Waals surface area contributed by atoms with Crippen molar-refractivity contribution in [2.75, 3.05) is 26.7 Å². The largest absolute Gasteiger partial charge is 0.416 e. The molecule has 118 valence electrons. The molecule has 0 saturated carbocycles. The second kappa shape index (κ2) is 6.79. The fourth-order valence-electron chi connectivity index (χ4n) is 3.09. The first-order valence-electron chi connectivity index (χ1n) is 7.47. The van der Waals surface area contributed by atoms with Crippen LogP contribution < -0.4 is 5.32 Å². The Kier molecular flexibility index (Phi) is 5.27. The molecule has 0 amide bonds. The van der Waals surface area contributed by atoms with Gasteiger partial charge in [-0.15, -0.1) is 0 Å². The lowest BCUT2D eigenvalue weighted by atomic mass is 9.94. The maximum atomic E-state index is 12.8. The summed E-state index contributed by atoms with van der Waals surface area (Å²) in [4.78, 5) is 2.29. The van der Waals surface area contributed by atoms with Crippen molar-refractivity contribution in [2.24, 2.45) is 5.92 Å². The lowest BCUT2D eigenvalue weighted by Gasteiger charge is -2.37. The van der Waals surface area contributed by atoms with E-state index in [2.05, 4.69) is 10.2 Å². The molecule has 0 bridgehead atoms. The fraction of sp³-hybridized carbons (Fsp3) is 0.625. The van der Waals surface area contributed by atoms with Crippen molar-refractivity contribution in [3.8, 4) is 0 Å². The minimum atomic E-state index is -4.27. The number of nitrogens with zero attached hydrogens (tertiary/aromatic N) is 1. The highest BCUT2D eigenvalue weighted by Crippen LogP contribution is 2.32. The lowest BCUT2D eigenvalue weighted by molar-refractivity contribution is -0.137. The maximum absolute atomic E-state index is 12.8. The Labute approximate surface area is 124 Å². The Morgan fingerprint density at radius 2 is 2.14 bits per heavy atom. The summed E-state index contributed by atoms with van der Waals surface area (Å²) in [6, 6.07) is 5.74. The van der Waals surface area contributed by atoms with Gasteiger partial charge in [0.1, 0.15) is 0 Å². The van der Waals surface area contributed by atoms with Gasteiger partial charge in [0.2, 0.25) is 0 Å². The Balaban J connectivity index is 2.10. The van der Waals surface area contributed by atoms with Gasteiger partial charge in [0.15, 0.2) is 0 Å². The predicted octanol–water partition coefficient (Wildman–Crippen LogP) is 3.70. The number of hydrogen-bond donors (Lipinski definition) is 1. The standard InChI is InChI=1S/C16H23F3N2/c1-12(21-8-4-5-13(11-21)10-20-2)14-6-3-7-15(9-14)16(17,18)19/h3,6-7,9,12-13,20H,4-5,8,10-11H2,1-2H3. The summed E-state index contributed by atoms with van der Waals surface area (Å²) in [5.41, 5.74) is 0.186. The monoisotopic (exact) mass is 300 g/mol. The van der Waals surface area contributed by atoms with Gasteiger partial charge < -0.3 is 5.32 Å². The molecule has 2 atom stereocenters. The van der Waals surface area contributed by atoms with Crippen LogP contribution in [0.25, 0.3) is 0 Å². The molecule has 1 fully saturated rings. The van der Waals surface area contributed by atoms with Crippen LogP contribution in [0.4, 0.5) is 13.2 Å². The third kappa shape index (κ3) is 4.20. The second-order valence-corrected chi connectivity index (χ2v) is 5.86. The maximum Gasteiger partial charge on any atom is 0.416 e. The van der Waals surface area contributed by atoms with Gasteiger partial charge in [0, 0.05) is 12.6 Å². The minimum absolute atomic E-state index is 0.0203. The van der Waals surface area contributed by atoms with Crippen molar-refractivity contribution in [3.05, 3.63) is 35.4 Å². The van der Waals surface area contributed by atoms with Gasteiger partial charge in [0.25, 0.3) is 0 Å². The smallest absolute Gasteiger partial charge is 0.319 e. The summed E-state index contributed by atoms with van der Waals surface area (Å²) in [6.07, 6.45) is -1.98.